The molecule has 2 unspecified atom stereocenters. The molecule has 2 rings (SSSR count). The second-order valence-corrected chi connectivity index (χ2v) is 4.17. The van der Waals surface area contributed by atoms with Gasteiger partial charge in [0.2, 0.25) is 0 Å². The summed E-state index contributed by atoms with van der Waals surface area (Å²) in [6.07, 6.45) is 3.42. The molecule has 0 aliphatic heterocycles. The number of aromatic hydroxyl groups is 1. The molecule has 1 aliphatic rings. The van der Waals surface area contributed by atoms with Gasteiger partial charge in [-0.1, -0.05) is 12.1 Å². The van der Waals surface area contributed by atoms with Crippen LogP contribution in [-0.2, 0) is 11.3 Å². The van der Waals surface area contributed by atoms with Crippen molar-refractivity contribution >= 4 is 0 Å². The molecule has 3 N–H and O–H groups in total. The van der Waals surface area contributed by atoms with Crippen LogP contribution in [0.4, 0.5) is 0 Å². The van der Waals surface area contributed by atoms with Crippen molar-refractivity contribution in [1.82, 2.24) is 0 Å². The fraction of sp³-hybridized carbons (Fsp3) is 0.500. The van der Waals surface area contributed by atoms with Crippen LogP contribution in [0.3, 0.4) is 0 Å². The Hall–Kier alpha value is -1.06. The Bertz CT molecular complexity index is 310. The van der Waals surface area contributed by atoms with Gasteiger partial charge in [-0.25, -0.2) is 0 Å². The lowest BCUT2D eigenvalue weighted by atomic mass is 10.2. The highest BCUT2D eigenvalue weighted by Gasteiger charge is 2.21. The van der Waals surface area contributed by atoms with E-state index in [4.69, 9.17) is 15.6 Å². The minimum Gasteiger partial charge on any atom is -0.508 e. The van der Waals surface area contributed by atoms with Crippen LogP contribution >= 0.6 is 0 Å². The molecule has 0 amide bonds. The third kappa shape index (κ3) is 2.94. The smallest absolute Gasteiger partial charge is 0.115 e. The Morgan fingerprint density at radius 3 is 2.60 bits per heavy atom. The van der Waals surface area contributed by atoms with Crippen molar-refractivity contribution in [1.29, 1.82) is 0 Å². The molecular formula is C12H17NO2. The number of nitrogens with two attached hydrogens (primary N) is 1. The number of benzene rings is 1. The fourth-order valence-corrected chi connectivity index (χ4v) is 1.93. The highest BCUT2D eigenvalue weighted by atomic mass is 16.5. The van der Waals surface area contributed by atoms with Crippen LogP contribution < -0.4 is 5.73 Å². The maximum atomic E-state index is 9.11. The Kier molecular flexibility index (Phi) is 3.23. The molecule has 0 saturated heterocycles. The number of phenols is 1. The van der Waals surface area contributed by atoms with Crippen LogP contribution in [0.15, 0.2) is 24.3 Å². The van der Waals surface area contributed by atoms with Crippen LogP contribution in [0.5, 0.6) is 5.75 Å². The van der Waals surface area contributed by atoms with E-state index in [0.717, 1.165) is 24.8 Å². The van der Waals surface area contributed by atoms with E-state index >= 15 is 0 Å². The van der Waals surface area contributed by atoms with Crippen LogP contribution in [-0.4, -0.2) is 17.3 Å². The van der Waals surface area contributed by atoms with Crippen molar-refractivity contribution in [3.05, 3.63) is 29.8 Å². The van der Waals surface area contributed by atoms with E-state index in [1.807, 2.05) is 12.1 Å². The number of rotatable bonds is 3. The van der Waals surface area contributed by atoms with Gasteiger partial charge in [-0.3, -0.25) is 0 Å². The number of phenolic OH excluding ortho intramolecular Hbond substituents is 1. The summed E-state index contributed by atoms with van der Waals surface area (Å²) in [5.41, 5.74) is 6.89. The van der Waals surface area contributed by atoms with E-state index in [-0.39, 0.29) is 0 Å². The predicted octanol–water partition coefficient (Wildman–Crippen LogP) is 1.79. The molecule has 2 atom stereocenters. The first-order chi connectivity index (χ1) is 7.24. The molecule has 0 heterocycles. The molecule has 0 radical (unpaired) electrons. The van der Waals surface area contributed by atoms with E-state index < -0.39 is 0 Å². The highest BCUT2D eigenvalue weighted by Crippen LogP contribution is 2.21. The van der Waals surface area contributed by atoms with Crippen LogP contribution in [0.25, 0.3) is 0 Å². The molecule has 3 nitrogen and oxygen atoms in total. The van der Waals surface area contributed by atoms with E-state index in [1.54, 1.807) is 12.1 Å². The number of hydrogen-bond acceptors (Lipinski definition) is 3. The van der Waals surface area contributed by atoms with Crippen molar-refractivity contribution in [2.45, 2.75) is 38.0 Å². The van der Waals surface area contributed by atoms with Gasteiger partial charge in [0.25, 0.3) is 0 Å². The largest absolute Gasteiger partial charge is 0.508 e. The minimum absolute atomic E-state index is 0.293. The van der Waals surface area contributed by atoms with Crippen LogP contribution in [0.1, 0.15) is 24.8 Å². The Labute approximate surface area is 89.9 Å². The van der Waals surface area contributed by atoms with Crippen LogP contribution in [0, 0.1) is 0 Å². The van der Waals surface area contributed by atoms with Crippen LogP contribution in [0.2, 0.25) is 0 Å². The third-order valence-corrected chi connectivity index (χ3v) is 2.85. The average molecular weight is 207 g/mol. The van der Waals surface area contributed by atoms with E-state index in [9.17, 15) is 0 Å². The third-order valence-electron chi connectivity index (χ3n) is 2.85. The van der Waals surface area contributed by atoms with Crippen molar-refractivity contribution in [2.24, 2.45) is 5.73 Å². The molecule has 15 heavy (non-hydrogen) atoms. The molecule has 82 valence electrons. The lowest BCUT2D eigenvalue weighted by Crippen LogP contribution is -2.17. The minimum atomic E-state index is 0.293. The topological polar surface area (TPSA) is 55.5 Å². The SMILES string of the molecule is NC1CCC(OCc2ccc(O)cc2)C1. The lowest BCUT2D eigenvalue weighted by Gasteiger charge is -2.11. The summed E-state index contributed by atoms with van der Waals surface area (Å²) >= 11 is 0. The Morgan fingerprint density at radius 2 is 2.00 bits per heavy atom. The van der Waals surface area contributed by atoms with E-state index in [1.165, 1.54) is 0 Å². The summed E-state index contributed by atoms with van der Waals surface area (Å²) in [4.78, 5) is 0. The van der Waals surface area contributed by atoms with Crippen molar-refractivity contribution in [2.75, 3.05) is 0 Å². The van der Waals surface area contributed by atoms with Gasteiger partial charge >= 0.3 is 0 Å². The fourth-order valence-electron chi connectivity index (χ4n) is 1.93. The van der Waals surface area contributed by atoms with Gasteiger partial charge in [-0.15, -0.1) is 0 Å². The quantitative estimate of drug-likeness (QED) is 0.794. The summed E-state index contributed by atoms with van der Waals surface area (Å²) in [6, 6.07) is 7.43. The summed E-state index contributed by atoms with van der Waals surface area (Å²) in [5.74, 6) is 0.293. The zero-order chi connectivity index (χ0) is 10.7. The standard InChI is InChI=1S/C12H17NO2/c13-10-3-6-12(7-10)15-8-9-1-4-11(14)5-2-9/h1-2,4-5,10,12,14H,3,6-8,13H2. The normalized spacial score (nSPS) is 25.7. The molecular weight excluding hydrogens is 190 g/mol. The Balaban J connectivity index is 1.80. The van der Waals surface area contributed by atoms with Gasteiger partial charge in [0, 0.05) is 6.04 Å². The van der Waals surface area contributed by atoms with Gasteiger partial charge < -0.3 is 15.6 Å². The van der Waals surface area contributed by atoms with Gasteiger partial charge in [0.05, 0.1) is 12.7 Å². The molecule has 1 aromatic carbocycles. The number of ether oxygens (including phenoxy) is 1. The lowest BCUT2D eigenvalue weighted by molar-refractivity contribution is 0.0448. The van der Waals surface area contributed by atoms with E-state index in [0.29, 0.717) is 24.5 Å². The summed E-state index contributed by atoms with van der Waals surface area (Å²) in [5, 5.41) is 9.11. The first-order valence-corrected chi connectivity index (χ1v) is 5.39. The highest BCUT2D eigenvalue weighted by molar-refractivity contribution is 5.25. The Morgan fingerprint density at radius 1 is 1.27 bits per heavy atom. The summed E-state index contributed by atoms with van der Waals surface area (Å²) in [6.45, 7) is 0.609. The maximum absolute atomic E-state index is 9.11. The molecule has 3 heteroatoms. The molecule has 0 spiro atoms. The zero-order valence-electron chi connectivity index (χ0n) is 8.73. The van der Waals surface area contributed by atoms with E-state index in [2.05, 4.69) is 0 Å². The monoisotopic (exact) mass is 207 g/mol. The summed E-state index contributed by atoms with van der Waals surface area (Å²) in [7, 11) is 0. The first kappa shape index (κ1) is 10.5. The van der Waals surface area contributed by atoms with Crippen molar-refractivity contribution < 1.29 is 9.84 Å². The molecule has 1 fully saturated rings. The van der Waals surface area contributed by atoms with Gasteiger partial charge in [-0.05, 0) is 37.0 Å². The van der Waals surface area contributed by atoms with Gasteiger partial charge in [-0.2, -0.15) is 0 Å². The second kappa shape index (κ2) is 4.64. The van der Waals surface area contributed by atoms with Crippen molar-refractivity contribution in [3.8, 4) is 5.75 Å². The molecule has 0 aromatic heterocycles. The zero-order valence-corrected chi connectivity index (χ0v) is 8.73. The molecule has 1 saturated carbocycles. The average Bonchev–Trinajstić information content (AvgIpc) is 2.64. The van der Waals surface area contributed by atoms with Gasteiger partial charge in [0.15, 0.2) is 0 Å². The molecule has 1 aromatic rings. The molecule has 0 bridgehead atoms. The number of hydrogen-bond donors (Lipinski definition) is 2. The first-order valence-electron chi connectivity index (χ1n) is 5.39. The molecule has 1 aliphatic carbocycles. The van der Waals surface area contributed by atoms with Crippen molar-refractivity contribution in [3.63, 3.8) is 0 Å². The maximum Gasteiger partial charge on any atom is 0.115 e. The second-order valence-electron chi connectivity index (χ2n) is 4.17. The predicted molar refractivity (Wildman–Crippen MR) is 58.5 cm³/mol. The van der Waals surface area contributed by atoms with Gasteiger partial charge in [0.1, 0.15) is 5.75 Å². The summed E-state index contributed by atoms with van der Waals surface area (Å²) < 4.78 is 5.74.